The molecule has 0 radical (unpaired) electrons. The van der Waals surface area contributed by atoms with Crippen LogP contribution in [-0.2, 0) is 42.7 Å². The van der Waals surface area contributed by atoms with Gasteiger partial charge in [-0.05, 0) is 97.8 Å². The fraction of sp³-hybridized carbons (Fsp3) is 0.262. The normalized spacial score (nSPS) is 13.1. The van der Waals surface area contributed by atoms with Gasteiger partial charge < -0.3 is 5.11 Å². The summed E-state index contributed by atoms with van der Waals surface area (Å²) in [7, 11) is 0. The van der Waals surface area contributed by atoms with Crippen LogP contribution in [0.3, 0.4) is 0 Å². The van der Waals surface area contributed by atoms with Gasteiger partial charge >= 0.3 is 0 Å². The second kappa shape index (κ2) is 18.8. The predicted molar refractivity (Wildman–Crippen MR) is 292 cm³/mol. The van der Waals surface area contributed by atoms with Crippen molar-refractivity contribution in [2.45, 2.75) is 112 Å². The number of fused-ring (bicyclic) bond motifs is 1. The van der Waals surface area contributed by atoms with E-state index >= 15 is 0 Å². The molecule has 9 rings (SSSR count). The topological polar surface area (TPSA) is 50.9 Å². The third-order valence-electron chi connectivity index (χ3n) is 13.4. The van der Waals surface area contributed by atoms with Gasteiger partial charge in [0.15, 0.2) is 0 Å². The molecule has 0 saturated carbocycles. The van der Waals surface area contributed by atoms with Gasteiger partial charge in [-0.3, -0.25) is 9.55 Å². The zero-order valence-corrected chi connectivity index (χ0v) is 44.9. The van der Waals surface area contributed by atoms with E-state index in [1.807, 2.05) is 42.5 Å². The second-order valence-electron chi connectivity index (χ2n) is 22.7. The maximum atomic E-state index is 12.7. The van der Waals surface area contributed by atoms with Crippen LogP contribution in [0.25, 0.3) is 83.9 Å². The first-order valence-corrected chi connectivity index (χ1v) is 24.1. The molecule has 358 valence electrons. The molecule has 0 bridgehead atoms. The van der Waals surface area contributed by atoms with Crippen molar-refractivity contribution in [2.75, 3.05) is 0 Å². The summed E-state index contributed by atoms with van der Waals surface area (Å²) in [5.74, 6) is 0.857. The summed E-state index contributed by atoms with van der Waals surface area (Å²) >= 11 is 0. The summed E-state index contributed by atoms with van der Waals surface area (Å²) in [5.41, 5.74) is 16.5. The minimum absolute atomic E-state index is 0. The Balaban J connectivity index is 0.00000711. The maximum absolute atomic E-state index is 12.7. The summed E-state index contributed by atoms with van der Waals surface area (Å²) < 4.78 is 26.0. The predicted octanol–water partition coefficient (Wildman–Crippen LogP) is 17.4. The number of benzene rings is 7. The van der Waals surface area contributed by atoms with E-state index in [-0.39, 0.29) is 48.5 Å². The third-order valence-corrected chi connectivity index (χ3v) is 13.4. The number of phenolic OH excluding ortho intramolecular Hbond substituents is 1. The molecule has 0 aliphatic heterocycles. The second-order valence-corrected chi connectivity index (χ2v) is 22.7. The van der Waals surface area contributed by atoms with Crippen LogP contribution in [-0.4, -0.2) is 19.6 Å². The number of aromatic nitrogens is 3. The van der Waals surface area contributed by atoms with Gasteiger partial charge in [0.25, 0.3) is 0 Å². The first-order valence-electron chi connectivity index (χ1n) is 25.6. The van der Waals surface area contributed by atoms with Crippen molar-refractivity contribution in [3.63, 3.8) is 0 Å². The van der Waals surface area contributed by atoms with Crippen molar-refractivity contribution in [3.8, 4) is 78.6 Å². The number of aromatic hydroxyl groups is 1. The Morgan fingerprint density at radius 1 is 0.500 bits per heavy atom. The number of nitrogens with zero attached hydrogens (tertiary/aromatic N) is 3. The Morgan fingerprint density at radius 3 is 1.76 bits per heavy atom. The summed E-state index contributed by atoms with van der Waals surface area (Å²) in [6.07, 6.45) is 1.79. The SMILES string of the molecule is [2H]C([2H])([2H])c1ccc(-c2ccnc(-c3[c-]c(-c4cccc5c4nc(-c4cc(C(C)(C)C)cc(C(C)(C)C)c4O)n5-c4ccc(C(C)(C)C)cc4-c4ccc(C(C)(C)C)cc4)cc(-c4ccccc4)c3)c2)cc1.[Pt]. The van der Waals surface area contributed by atoms with E-state index < -0.39 is 6.85 Å². The summed E-state index contributed by atoms with van der Waals surface area (Å²) in [6.45, 7) is 24.4. The van der Waals surface area contributed by atoms with Crippen molar-refractivity contribution in [1.29, 1.82) is 0 Å². The summed E-state index contributed by atoms with van der Waals surface area (Å²) in [5, 5.41) is 12.7. The smallest absolute Gasteiger partial charge is 0.148 e. The Labute approximate surface area is 435 Å². The van der Waals surface area contributed by atoms with Crippen LogP contribution in [0, 0.1) is 12.9 Å². The largest absolute Gasteiger partial charge is 0.507 e. The van der Waals surface area contributed by atoms with Gasteiger partial charge in [0, 0.05) is 48.2 Å². The van der Waals surface area contributed by atoms with Gasteiger partial charge in [-0.2, -0.15) is 0 Å². The van der Waals surface area contributed by atoms with Crippen LogP contribution in [0.2, 0.25) is 0 Å². The van der Waals surface area contributed by atoms with Gasteiger partial charge in [-0.25, -0.2) is 4.98 Å². The molecule has 4 nitrogen and oxygen atoms in total. The minimum atomic E-state index is -2.19. The summed E-state index contributed by atoms with van der Waals surface area (Å²) in [6, 6.07) is 55.9. The molecule has 5 heteroatoms. The molecule has 0 fully saturated rings. The van der Waals surface area contributed by atoms with Crippen molar-refractivity contribution < 1.29 is 30.3 Å². The van der Waals surface area contributed by atoms with Crippen LogP contribution in [0.4, 0.5) is 0 Å². The zero-order valence-electron chi connectivity index (χ0n) is 45.6. The molecule has 0 saturated heterocycles. The molecule has 0 unspecified atom stereocenters. The van der Waals surface area contributed by atoms with Gasteiger partial charge in [0.1, 0.15) is 11.6 Å². The molecule has 0 aliphatic carbocycles. The van der Waals surface area contributed by atoms with E-state index in [1.54, 1.807) is 18.3 Å². The van der Waals surface area contributed by atoms with Crippen LogP contribution in [0.15, 0.2) is 158 Å². The van der Waals surface area contributed by atoms with Crippen LogP contribution in [0.1, 0.15) is 115 Å². The molecule has 9 aromatic rings. The Bertz CT molecular complexity index is 3470. The van der Waals surface area contributed by atoms with E-state index in [0.717, 1.165) is 83.6 Å². The third kappa shape index (κ3) is 9.99. The van der Waals surface area contributed by atoms with Crippen LogP contribution in [0.5, 0.6) is 5.75 Å². The van der Waals surface area contributed by atoms with E-state index in [0.29, 0.717) is 17.0 Å². The fourth-order valence-corrected chi connectivity index (χ4v) is 9.20. The van der Waals surface area contributed by atoms with E-state index in [4.69, 9.17) is 14.1 Å². The number of phenols is 1. The number of rotatable bonds is 7. The molecule has 7 aromatic carbocycles. The number of pyridine rings is 1. The molecule has 2 heterocycles. The number of para-hydroxylation sites is 1. The standard InChI is InChI=1S/C65H66N3O.Pt/c1-41-22-24-43(25-23-41)45-32-33-66-56(37-45)48-35-46(42-18-15-14-16-19-42)34-47(36-48)52-20-17-21-58-59(52)67-61(54-39-51(64(8,9)10)40-55(60(54)69)65(11,12)13)68(58)57-31-30-50(63(5,6)7)38-53(57)44-26-28-49(29-27-44)62(2,3)4;/h14-35,37-40,69H,1-13H3;/q-1;/i1D3;. The Kier molecular flexibility index (Phi) is 12.3. The molecule has 1 N–H and O–H groups in total. The first-order chi connectivity index (χ1) is 33.8. The molecule has 70 heavy (non-hydrogen) atoms. The van der Waals surface area contributed by atoms with Crippen LogP contribution >= 0.6 is 0 Å². The fourth-order valence-electron chi connectivity index (χ4n) is 9.20. The average molecular weight is 1100 g/mol. The molecular weight excluding hydrogens is 1030 g/mol. The quantitative estimate of drug-likeness (QED) is 0.162. The maximum Gasteiger partial charge on any atom is 0.148 e. The Morgan fingerprint density at radius 2 is 1.11 bits per heavy atom. The van der Waals surface area contributed by atoms with Crippen LogP contribution < -0.4 is 0 Å². The van der Waals surface area contributed by atoms with Crippen molar-refractivity contribution in [2.24, 2.45) is 0 Å². The van der Waals surface area contributed by atoms with Gasteiger partial charge in [-0.15, -0.1) is 23.8 Å². The van der Waals surface area contributed by atoms with Crippen molar-refractivity contribution in [3.05, 3.63) is 192 Å². The monoisotopic (exact) mass is 1100 g/mol. The zero-order chi connectivity index (χ0) is 51.7. The molecule has 2 aromatic heterocycles. The summed E-state index contributed by atoms with van der Waals surface area (Å²) in [4.78, 5) is 10.6. The number of hydrogen-bond acceptors (Lipinski definition) is 3. The van der Waals surface area contributed by atoms with Crippen molar-refractivity contribution >= 4 is 11.0 Å². The van der Waals surface area contributed by atoms with Gasteiger partial charge in [-0.1, -0.05) is 215 Å². The van der Waals surface area contributed by atoms with E-state index in [9.17, 15) is 5.11 Å². The first kappa shape index (κ1) is 46.1. The molecule has 0 amide bonds. The minimum Gasteiger partial charge on any atom is -0.507 e. The van der Waals surface area contributed by atoms with E-state index in [1.165, 1.54) is 11.1 Å². The molecule has 0 aliphatic rings. The number of hydrogen-bond donors (Lipinski definition) is 1. The van der Waals surface area contributed by atoms with Gasteiger partial charge in [0.05, 0.1) is 22.3 Å². The van der Waals surface area contributed by atoms with E-state index in [2.05, 4.69) is 191 Å². The molecule has 0 spiro atoms. The number of imidazole rings is 1. The van der Waals surface area contributed by atoms with Gasteiger partial charge in [0.2, 0.25) is 0 Å². The Hall–Kier alpha value is -6.35. The molecule has 0 atom stereocenters. The molecular formula is C65H66N3OPt-. The average Bonchev–Trinajstić information content (AvgIpc) is 3.72. The van der Waals surface area contributed by atoms with Crippen molar-refractivity contribution in [1.82, 2.24) is 14.5 Å². The number of aryl methyl sites for hydroxylation is 1.